The minimum absolute atomic E-state index is 0.0966. The van der Waals surface area contributed by atoms with Gasteiger partial charge in [0.25, 0.3) is 5.91 Å². The van der Waals surface area contributed by atoms with Crippen molar-refractivity contribution in [2.24, 2.45) is 5.92 Å². The van der Waals surface area contributed by atoms with Gasteiger partial charge in [0, 0.05) is 26.2 Å². The molecule has 0 saturated carbocycles. The molecule has 0 aliphatic carbocycles. The van der Waals surface area contributed by atoms with Crippen LogP contribution in [0.2, 0.25) is 0 Å². The molecule has 0 radical (unpaired) electrons. The lowest BCUT2D eigenvalue weighted by atomic mass is 10.0. The standard InChI is InChI=1S/C21H30FN3O4/c1-14(2)17(23-18(26)15-8-6-7-9-16(15)22)19(27)24-10-12-25(13-11-24)20(28)29-21(3,4)5/h6-9,14,17H,10-13H2,1-5H3,(H,23,26). The van der Waals surface area contributed by atoms with E-state index >= 15 is 0 Å². The van der Waals surface area contributed by atoms with Crippen molar-refractivity contribution in [1.82, 2.24) is 15.1 Å². The fraction of sp³-hybridized carbons (Fsp3) is 0.571. The van der Waals surface area contributed by atoms with Crippen molar-refractivity contribution in [1.29, 1.82) is 0 Å². The average Bonchev–Trinajstić information content (AvgIpc) is 2.64. The molecular weight excluding hydrogens is 377 g/mol. The molecule has 1 unspecified atom stereocenters. The molecule has 1 atom stereocenters. The highest BCUT2D eigenvalue weighted by Gasteiger charge is 2.33. The number of ether oxygens (including phenoxy) is 1. The van der Waals surface area contributed by atoms with Crippen molar-refractivity contribution in [3.63, 3.8) is 0 Å². The fourth-order valence-electron chi connectivity index (χ4n) is 3.01. The Morgan fingerprint density at radius 3 is 2.10 bits per heavy atom. The van der Waals surface area contributed by atoms with Gasteiger partial charge in [-0.15, -0.1) is 0 Å². The number of amides is 3. The van der Waals surface area contributed by atoms with E-state index in [1.807, 2.05) is 13.8 Å². The molecule has 7 nitrogen and oxygen atoms in total. The molecule has 8 heteroatoms. The molecule has 160 valence electrons. The summed E-state index contributed by atoms with van der Waals surface area (Å²) in [6.07, 6.45) is -0.405. The van der Waals surface area contributed by atoms with Gasteiger partial charge in [0.05, 0.1) is 5.56 Å². The topological polar surface area (TPSA) is 79.0 Å². The van der Waals surface area contributed by atoms with Crippen LogP contribution in [0.1, 0.15) is 45.0 Å². The molecule has 1 N–H and O–H groups in total. The van der Waals surface area contributed by atoms with Crippen molar-refractivity contribution in [2.45, 2.75) is 46.3 Å². The van der Waals surface area contributed by atoms with Gasteiger partial charge in [-0.25, -0.2) is 9.18 Å². The van der Waals surface area contributed by atoms with Gasteiger partial charge in [0.1, 0.15) is 17.5 Å². The summed E-state index contributed by atoms with van der Waals surface area (Å²) in [6, 6.07) is 4.88. The maximum atomic E-state index is 13.9. The molecule has 1 heterocycles. The van der Waals surface area contributed by atoms with E-state index in [0.717, 1.165) is 0 Å². The molecule has 3 amide bonds. The summed E-state index contributed by atoms with van der Waals surface area (Å²) in [7, 11) is 0. The van der Waals surface area contributed by atoms with E-state index in [-0.39, 0.29) is 17.4 Å². The second kappa shape index (κ2) is 9.24. The van der Waals surface area contributed by atoms with Crippen LogP contribution in [0.25, 0.3) is 0 Å². The molecule has 1 aliphatic rings. The highest BCUT2D eigenvalue weighted by atomic mass is 19.1. The molecule has 29 heavy (non-hydrogen) atoms. The Labute approximate surface area is 171 Å². The maximum Gasteiger partial charge on any atom is 0.410 e. The molecule has 1 fully saturated rings. The first-order valence-corrected chi connectivity index (χ1v) is 9.81. The first kappa shape index (κ1) is 22.6. The monoisotopic (exact) mass is 407 g/mol. The van der Waals surface area contributed by atoms with Crippen molar-refractivity contribution in [3.8, 4) is 0 Å². The molecule has 1 saturated heterocycles. The quantitative estimate of drug-likeness (QED) is 0.832. The Bertz CT molecular complexity index is 753. The van der Waals surface area contributed by atoms with Crippen LogP contribution in [-0.4, -0.2) is 65.5 Å². The Hall–Kier alpha value is -2.64. The van der Waals surface area contributed by atoms with Gasteiger partial charge in [-0.05, 0) is 38.8 Å². The van der Waals surface area contributed by atoms with E-state index in [1.54, 1.807) is 36.6 Å². The number of hydrogen-bond acceptors (Lipinski definition) is 4. The smallest absolute Gasteiger partial charge is 0.410 e. The lowest BCUT2D eigenvalue weighted by molar-refractivity contribution is -0.136. The van der Waals surface area contributed by atoms with Crippen LogP contribution in [0.3, 0.4) is 0 Å². The molecule has 0 spiro atoms. The molecule has 0 bridgehead atoms. The zero-order chi connectivity index (χ0) is 21.8. The van der Waals surface area contributed by atoms with Gasteiger partial charge in [-0.1, -0.05) is 26.0 Å². The number of hydrogen-bond donors (Lipinski definition) is 1. The van der Waals surface area contributed by atoms with Crippen LogP contribution in [0.4, 0.5) is 9.18 Å². The predicted octanol–water partition coefficient (Wildman–Crippen LogP) is 2.66. The molecule has 1 aromatic rings. The fourth-order valence-corrected chi connectivity index (χ4v) is 3.01. The summed E-state index contributed by atoms with van der Waals surface area (Å²) in [5, 5.41) is 2.66. The lowest BCUT2D eigenvalue weighted by Crippen LogP contribution is -2.57. The van der Waals surface area contributed by atoms with Crippen LogP contribution < -0.4 is 5.32 Å². The van der Waals surface area contributed by atoms with Crippen molar-refractivity contribution < 1.29 is 23.5 Å². The number of nitrogens with one attached hydrogen (secondary N) is 1. The number of piperazine rings is 1. The van der Waals surface area contributed by atoms with Crippen LogP contribution in [0.5, 0.6) is 0 Å². The third kappa shape index (κ3) is 6.17. The largest absolute Gasteiger partial charge is 0.444 e. The van der Waals surface area contributed by atoms with Gasteiger partial charge in [-0.2, -0.15) is 0 Å². The van der Waals surface area contributed by atoms with Crippen molar-refractivity contribution in [2.75, 3.05) is 26.2 Å². The molecule has 0 aromatic heterocycles. The molecule has 1 aliphatic heterocycles. The van der Waals surface area contributed by atoms with Gasteiger partial charge in [0.2, 0.25) is 5.91 Å². The molecular formula is C21H30FN3O4. The first-order valence-electron chi connectivity index (χ1n) is 9.81. The lowest BCUT2D eigenvalue weighted by Gasteiger charge is -2.37. The van der Waals surface area contributed by atoms with Gasteiger partial charge in [-0.3, -0.25) is 9.59 Å². The van der Waals surface area contributed by atoms with Gasteiger partial charge >= 0.3 is 6.09 Å². The van der Waals surface area contributed by atoms with Crippen LogP contribution in [-0.2, 0) is 9.53 Å². The van der Waals surface area contributed by atoms with E-state index in [0.29, 0.717) is 26.2 Å². The molecule has 2 rings (SSSR count). The summed E-state index contributed by atoms with van der Waals surface area (Å²) in [5.74, 6) is -1.68. The van der Waals surface area contributed by atoms with Crippen molar-refractivity contribution in [3.05, 3.63) is 35.6 Å². The predicted molar refractivity (Wildman–Crippen MR) is 107 cm³/mol. The highest BCUT2D eigenvalue weighted by Crippen LogP contribution is 2.15. The minimum Gasteiger partial charge on any atom is -0.444 e. The zero-order valence-corrected chi connectivity index (χ0v) is 17.7. The second-order valence-electron chi connectivity index (χ2n) is 8.47. The van der Waals surface area contributed by atoms with Crippen LogP contribution in [0, 0.1) is 11.7 Å². The van der Waals surface area contributed by atoms with Gasteiger partial charge in [0.15, 0.2) is 0 Å². The Morgan fingerprint density at radius 1 is 1.03 bits per heavy atom. The van der Waals surface area contributed by atoms with Crippen molar-refractivity contribution >= 4 is 17.9 Å². The third-order valence-corrected chi connectivity index (χ3v) is 4.58. The Kier molecular flexibility index (Phi) is 7.21. The van der Waals surface area contributed by atoms with Gasteiger partial charge < -0.3 is 19.9 Å². The van der Waals surface area contributed by atoms with E-state index in [4.69, 9.17) is 4.74 Å². The summed E-state index contributed by atoms with van der Waals surface area (Å²) in [4.78, 5) is 40.8. The number of nitrogens with zero attached hydrogens (tertiary/aromatic N) is 2. The average molecular weight is 407 g/mol. The molecule has 1 aromatic carbocycles. The second-order valence-corrected chi connectivity index (χ2v) is 8.47. The number of carbonyl (C=O) groups is 3. The summed E-state index contributed by atoms with van der Waals surface area (Å²) in [5.41, 5.74) is -0.676. The first-order chi connectivity index (χ1) is 13.5. The van der Waals surface area contributed by atoms with E-state index < -0.39 is 29.5 Å². The SMILES string of the molecule is CC(C)C(NC(=O)c1ccccc1F)C(=O)N1CCN(C(=O)OC(C)(C)C)CC1. The maximum absolute atomic E-state index is 13.9. The summed E-state index contributed by atoms with van der Waals surface area (Å²) < 4.78 is 19.2. The minimum atomic E-state index is -0.782. The number of rotatable bonds is 4. The highest BCUT2D eigenvalue weighted by molar-refractivity contribution is 5.97. The summed E-state index contributed by atoms with van der Waals surface area (Å²) in [6.45, 7) is 10.4. The third-order valence-electron chi connectivity index (χ3n) is 4.58. The number of benzene rings is 1. The zero-order valence-electron chi connectivity index (χ0n) is 17.7. The van der Waals surface area contributed by atoms with Crippen LogP contribution >= 0.6 is 0 Å². The van der Waals surface area contributed by atoms with E-state index in [1.165, 1.54) is 18.2 Å². The van der Waals surface area contributed by atoms with E-state index in [2.05, 4.69) is 5.32 Å². The van der Waals surface area contributed by atoms with E-state index in [9.17, 15) is 18.8 Å². The Morgan fingerprint density at radius 2 is 1.59 bits per heavy atom. The number of halogens is 1. The Balaban J connectivity index is 1.99. The summed E-state index contributed by atoms with van der Waals surface area (Å²) >= 11 is 0. The normalized spacial score (nSPS) is 15.8. The van der Waals surface area contributed by atoms with Crippen LogP contribution in [0.15, 0.2) is 24.3 Å². The number of carbonyl (C=O) groups excluding carboxylic acids is 3.